The van der Waals surface area contributed by atoms with Crippen molar-refractivity contribution in [3.8, 4) is 11.5 Å². The van der Waals surface area contributed by atoms with Crippen LogP contribution in [-0.2, 0) is 6.42 Å². The Bertz CT molecular complexity index is 377. The van der Waals surface area contributed by atoms with Crippen molar-refractivity contribution >= 4 is 0 Å². The van der Waals surface area contributed by atoms with E-state index in [4.69, 9.17) is 15.2 Å². The van der Waals surface area contributed by atoms with Crippen molar-refractivity contribution in [1.29, 1.82) is 0 Å². The molecule has 0 fully saturated rings. The summed E-state index contributed by atoms with van der Waals surface area (Å²) in [6, 6.07) is 6.21. The van der Waals surface area contributed by atoms with E-state index in [-0.39, 0.29) is 6.04 Å². The van der Waals surface area contributed by atoms with Gasteiger partial charge in [-0.1, -0.05) is 26.3 Å². The molecule has 1 aromatic rings. The van der Waals surface area contributed by atoms with Gasteiger partial charge in [-0.05, 0) is 43.4 Å². The Balaban J connectivity index is 2.67. The van der Waals surface area contributed by atoms with Gasteiger partial charge in [0.1, 0.15) is 0 Å². The Kier molecular flexibility index (Phi) is 6.71. The average molecular weight is 265 g/mol. The molecule has 0 heterocycles. The highest BCUT2D eigenvalue weighted by Crippen LogP contribution is 2.29. The number of ether oxygens (including phenoxy) is 2. The molecule has 3 nitrogen and oxygen atoms in total. The molecule has 108 valence electrons. The fraction of sp³-hybridized carbons (Fsp3) is 0.625. The summed E-state index contributed by atoms with van der Waals surface area (Å²) in [5.74, 6) is 2.18. The SMILES string of the molecule is CCCC(C)COc1ccc(CC(C)N)cc1OC. The van der Waals surface area contributed by atoms with Gasteiger partial charge in [0.15, 0.2) is 11.5 Å². The lowest BCUT2D eigenvalue weighted by molar-refractivity contribution is 0.240. The lowest BCUT2D eigenvalue weighted by Crippen LogP contribution is -2.17. The number of methoxy groups -OCH3 is 1. The van der Waals surface area contributed by atoms with Crippen molar-refractivity contribution in [3.63, 3.8) is 0 Å². The first-order chi connectivity index (χ1) is 9.06. The maximum atomic E-state index is 5.85. The Morgan fingerprint density at radius 3 is 2.53 bits per heavy atom. The van der Waals surface area contributed by atoms with E-state index < -0.39 is 0 Å². The quantitative estimate of drug-likeness (QED) is 0.783. The topological polar surface area (TPSA) is 44.5 Å². The zero-order chi connectivity index (χ0) is 14.3. The van der Waals surface area contributed by atoms with Gasteiger partial charge in [-0.3, -0.25) is 0 Å². The number of hydrogen-bond acceptors (Lipinski definition) is 3. The third-order valence-electron chi connectivity index (χ3n) is 3.09. The molecule has 0 radical (unpaired) electrons. The molecule has 0 amide bonds. The predicted molar refractivity (Wildman–Crippen MR) is 79.9 cm³/mol. The molecule has 2 unspecified atom stereocenters. The van der Waals surface area contributed by atoms with Crippen LogP contribution in [0.4, 0.5) is 0 Å². The lowest BCUT2D eigenvalue weighted by Gasteiger charge is -2.15. The predicted octanol–water partition coefficient (Wildman–Crippen LogP) is 3.40. The largest absolute Gasteiger partial charge is 0.493 e. The molecule has 0 spiro atoms. The zero-order valence-corrected chi connectivity index (χ0v) is 12.6. The third-order valence-corrected chi connectivity index (χ3v) is 3.09. The normalized spacial score (nSPS) is 13.9. The van der Waals surface area contributed by atoms with E-state index in [1.165, 1.54) is 18.4 Å². The summed E-state index contributed by atoms with van der Waals surface area (Å²) in [5, 5.41) is 0. The van der Waals surface area contributed by atoms with Gasteiger partial charge in [0.2, 0.25) is 0 Å². The van der Waals surface area contributed by atoms with Crippen LogP contribution in [0.1, 0.15) is 39.2 Å². The van der Waals surface area contributed by atoms with Crippen LogP contribution in [0.2, 0.25) is 0 Å². The summed E-state index contributed by atoms with van der Waals surface area (Å²) in [6.07, 6.45) is 3.23. The Morgan fingerprint density at radius 1 is 1.21 bits per heavy atom. The molecule has 0 aromatic heterocycles. The molecule has 2 N–H and O–H groups in total. The standard InChI is InChI=1S/C16H27NO2/c1-5-6-12(2)11-19-15-8-7-14(9-13(3)17)10-16(15)18-4/h7-8,10,12-13H,5-6,9,11,17H2,1-4H3. The molecule has 3 heteroatoms. The fourth-order valence-electron chi connectivity index (χ4n) is 2.14. The molecule has 0 saturated heterocycles. The van der Waals surface area contributed by atoms with E-state index in [1.54, 1.807) is 7.11 Å². The van der Waals surface area contributed by atoms with Gasteiger partial charge in [-0.2, -0.15) is 0 Å². The first-order valence-corrected chi connectivity index (χ1v) is 7.12. The van der Waals surface area contributed by atoms with E-state index in [2.05, 4.69) is 19.9 Å². The molecular formula is C16H27NO2. The number of rotatable bonds is 8. The molecule has 19 heavy (non-hydrogen) atoms. The summed E-state index contributed by atoms with van der Waals surface area (Å²) in [7, 11) is 1.67. The second kappa shape index (κ2) is 8.05. The number of hydrogen-bond donors (Lipinski definition) is 1. The minimum absolute atomic E-state index is 0.154. The molecule has 0 aliphatic heterocycles. The lowest BCUT2D eigenvalue weighted by atomic mass is 10.1. The van der Waals surface area contributed by atoms with Gasteiger partial charge in [0, 0.05) is 6.04 Å². The highest BCUT2D eigenvalue weighted by Gasteiger charge is 2.09. The van der Waals surface area contributed by atoms with Crippen LogP contribution in [0.25, 0.3) is 0 Å². The van der Waals surface area contributed by atoms with Crippen molar-refractivity contribution in [2.75, 3.05) is 13.7 Å². The van der Waals surface area contributed by atoms with Gasteiger partial charge < -0.3 is 15.2 Å². The van der Waals surface area contributed by atoms with Gasteiger partial charge in [-0.25, -0.2) is 0 Å². The van der Waals surface area contributed by atoms with E-state index in [0.717, 1.165) is 24.5 Å². The van der Waals surface area contributed by atoms with Crippen molar-refractivity contribution in [3.05, 3.63) is 23.8 Å². The number of benzene rings is 1. The Hall–Kier alpha value is -1.22. The molecule has 1 rings (SSSR count). The van der Waals surface area contributed by atoms with Gasteiger partial charge in [-0.15, -0.1) is 0 Å². The smallest absolute Gasteiger partial charge is 0.161 e. The van der Waals surface area contributed by atoms with E-state index >= 15 is 0 Å². The van der Waals surface area contributed by atoms with Crippen molar-refractivity contribution in [1.82, 2.24) is 0 Å². The van der Waals surface area contributed by atoms with Crippen LogP contribution in [0.15, 0.2) is 18.2 Å². The first kappa shape index (κ1) is 15.8. The Morgan fingerprint density at radius 2 is 1.95 bits per heavy atom. The van der Waals surface area contributed by atoms with E-state index in [1.807, 2.05) is 19.1 Å². The zero-order valence-electron chi connectivity index (χ0n) is 12.6. The minimum Gasteiger partial charge on any atom is -0.493 e. The molecule has 1 aromatic carbocycles. The highest BCUT2D eigenvalue weighted by molar-refractivity contribution is 5.43. The maximum absolute atomic E-state index is 5.85. The summed E-state index contributed by atoms with van der Waals surface area (Å²) in [5.41, 5.74) is 6.99. The molecular weight excluding hydrogens is 238 g/mol. The van der Waals surface area contributed by atoms with Crippen molar-refractivity contribution in [2.24, 2.45) is 11.7 Å². The molecule has 0 aliphatic carbocycles. The molecule has 0 aliphatic rings. The molecule has 0 bridgehead atoms. The third kappa shape index (κ3) is 5.52. The second-order valence-corrected chi connectivity index (χ2v) is 5.37. The molecule has 0 saturated carbocycles. The first-order valence-electron chi connectivity index (χ1n) is 7.12. The van der Waals surface area contributed by atoms with Crippen LogP contribution < -0.4 is 15.2 Å². The average Bonchev–Trinajstić information content (AvgIpc) is 2.36. The van der Waals surface area contributed by atoms with Crippen molar-refractivity contribution < 1.29 is 9.47 Å². The van der Waals surface area contributed by atoms with Crippen LogP contribution in [0.5, 0.6) is 11.5 Å². The highest BCUT2D eigenvalue weighted by atomic mass is 16.5. The Labute approximate surface area is 117 Å². The van der Waals surface area contributed by atoms with Crippen LogP contribution >= 0.6 is 0 Å². The van der Waals surface area contributed by atoms with E-state index in [0.29, 0.717) is 5.92 Å². The number of nitrogens with two attached hydrogens (primary N) is 1. The van der Waals surface area contributed by atoms with E-state index in [9.17, 15) is 0 Å². The molecule has 2 atom stereocenters. The van der Waals surface area contributed by atoms with Crippen molar-refractivity contribution in [2.45, 2.75) is 46.1 Å². The summed E-state index contributed by atoms with van der Waals surface area (Å²) < 4.78 is 11.2. The monoisotopic (exact) mass is 265 g/mol. The summed E-state index contributed by atoms with van der Waals surface area (Å²) >= 11 is 0. The van der Waals surface area contributed by atoms with Gasteiger partial charge in [0.05, 0.1) is 13.7 Å². The second-order valence-electron chi connectivity index (χ2n) is 5.37. The maximum Gasteiger partial charge on any atom is 0.161 e. The van der Waals surface area contributed by atoms with Crippen LogP contribution in [0.3, 0.4) is 0 Å². The van der Waals surface area contributed by atoms with Crippen LogP contribution in [0, 0.1) is 5.92 Å². The van der Waals surface area contributed by atoms with Gasteiger partial charge in [0.25, 0.3) is 0 Å². The van der Waals surface area contributed by atoms with Gasteiger partial charge >= 0.3 is 0 Å². The van der Waals surface area contributed by atoms with Crippen LogP contribution in [-0.4, -0.2) is 19.8 Å². The summed E-state index contributed by atoms with van der Waals surface area (Å²) in [6.45, 7) is 7.14. The minimum atomic E-state index is 0.154. The fourth-order valence-corrected chi connectivity index (χ4v) is 2.14. The summed E-state index contributed by atoms with van der Waals surface area (Å²) in [4.78, 5) is 0.